The summed E-state index contributed by atoms with van der Waals surface area (Å²) in [6, 6.07) is 12.2. The average molecular weight is 354 g/mol. The van der Waals surface area contributed by atoms with Crippen molar-refractivity contribution in [2.75, 3.05) is 11.9 Å². The Balaban J connectivity index is 1.80. The average Bonchev–Trinajstić information content (AvgIpc) is 2.63. The molecule has 6 heteroatoms. The Labute approximate surface area is 154 Å². The molecule has 1 aromatic heterocycles. The van der Waals surface area contributed by atoms with E-state index in [2.05, 4.69) is 20.9 Å². The molecule has 0 saturated carbocycles. The molecule has 3 amide bonds. The Bertz CT molecular complexity index is 727. The van der Waals surface area contributed by atoms with Gasteiger partial charge in [-0.25, -0.2) is 4.79 Å². The van der Waals surface area contributed by atoms with Crippen LogP contribution in [-0.2, 0) is 6.42 Å². The number of benzene rings is 1. The summed E-state index contributed by atoms with van der Waals surface area (Å²) in [5, 5.41) is 8.52. The number of nitrogens with one attached hydrogen (secondary N) is 3. The van der Waals surface area contributed by atoms with Crippen LogP contribution in [0.2, 0.25) is 0 Å². The van der Waals surface area contributed by atoms with Crippen LogP contribution in [0.1, 0.15) is 43.2 Å². The Morgan fingerprint density at radius 2 is 1.81 bits per heavy atom. The second-order valence-corrected chi connectivity index (χ2v) is 6.72. The van der Waals surface area contributed by atoms with Crippen molar-refractivity contribution < 1.29 is 9.59 Å². The summed E-state index contributed by atoms with van der Waals surface area (Å²) >= 11 is 0. The molecule has 2 rings (SSSR count). The third-order valence-corrected chi connectivity index (χ3v) is 4.13. The van der Waals surface area contributed by atoms with Crippen molar-refractivity contribution in [3.8, 4) is 0 Å². The van der Waals surface area contributed by atoms with E-state index in [-0.39, 0.29) is 17.5 Å². The first-order chi connectivity index (χ1) is 12.4. The molecule has 0 atom stereocenters. The van der Waals surface area contributed by atoms with E-state index >= 15 is 0 Å². The molecule has 0 aliphatic heterocycles. The minimum atomic E-state index is -0.287. The summed E-state index contributed by atoms with van der Waals surface area (Å²) in [4.78, 5) is 28.3. The molecule has 0 saturated heterocycles. The minimum Gasteiger partial charge on any atom is -0.347 e. The summed E-state index contributed by atoms with van der Waals surface area (Å²) in [6.07, 6.45) is 3.24. The van der Waals surface area contributed by atoms with Crippen molar-refractivity contribution in [1.29, 1.82) is 0 Å². The highest BCUT2D eigenvalue weighted by atomic mass is 16.2. The number of nitrogens with zero attached hydrogens (tertiary/aromatic N) is 1. The molecular formula is C20H26N4O2. The van der Waals surface area contributed by atoms with Crippen molar-refractivity contribution >= 4 is 17.6 Å². The first-order valence-electron chi connectivity index (χ1n) is 8.77. The lowest BCUT2D eigenvalue weighted by molar-refractivity contribution is 0.0911. The summed E-state index contributed by atoms with van der Waals surface area (Å²) in [5.74, 6) is -0.122. The third-order valence-electron chi connectivity index (χ3n) is 4.13. The van der Waals surface area contributed by atoms with Gasteiger partial charge in [-0.1, -0.05) is 13.0 Å². The lowest BCUT2D eigenvalue weighted by atomic mass is 10.0. The van der Waals surface area contributed by atoms with Crippen LogP contribution in [0, 0.1) is 0 Å². The highest BCUT2D eigenvalue weighted by molar-refractivity contribution is 5.95. The van der Waals surface area contributed by atoms with Gasteiger partial charge in [-0.15, -0.1) is 0 Å². The second-order valence-electron chi connectivity index (χ2n) is 6.72. The molecule has 2 aromatic rings. The number of urea groups is 1. The van der Waals surface area contributed by atoms with Crippen LogP contribution >= 0.6 is 0 Å². The van der Waals surface area contributed by atoms with Gasteiger partial charge in [-0.05, 0) is 56.7 Å². The number of pyridine rings is 1. The van der Waals surface area contributed by atoms with E-state index in [0.29, 0.717) is 24.2 Å². The summed E-state index contributed by atoms with van der Waals surface area (Å²) in [6.45, 7) is 6.49. The molecule has 0 fully saturated rings. The van der Waals surface area contributed by atoms with Gasteiger partial charge in [0.25, 0.3) is 5.91 Å². The predicted molar refractivity (Wildman–Crippen MR) is 103 cm³/mol. The molecule has 1 heterocycles. The largest absolute Gasteiger partial charge is 0.347 e. The number of anilines is 1. The minimum absolute atomic E-state index is 0.122. The number of hydrogen-bond acceptors (Lipinski definition) is 3. The van der Waals surface area contributed by atoms with Crippen molar-refractivity contribution in [1.82, 2.24) is 15.6 Å². The quantitative estimate of drug-likeness (QED) is 0.713. The second kappa shape index (κ2) is 8.99. The third kappa shape index (κ3) is 6.20. The standard InChI is InChI=1S/C20H26N4O2/c1-4-20(2,3)24-18(25)15-8-10-17(11-9-15)23-19(26)22-14-12-16-7-5-6-13-21-16/h5-11,13H,4,12,14H2,1-3H3,(H,24,25)(H2,22,23,26). The van der Waals surface area contributed by atoms with Crippen molar-refractivity contribution in [3.05, 3.63) is 59.9 Å². The number of hydrogen-bond donors (Lipinski definition) is 3. The molecule has 26 heavy (non-hydrogen) atoms. The number of rotatable bonds is 7. The van der Waals surface area contributed by atoms with Crippen molar-refractivity contribution in [3.63, 3.8) is 0 Å². The highest BCUT2D eigenvalue weighted by Gasteiger charge is 2.18. The van der Waals surface area contributed by atoms with E-state index in [0.717, 1.165) is 12.1 Å². The van der Waals surface area contributed by atoms with E-state index in [4.69, 9.17) is 0 Å². The van der Waals surface area contributed by atoms with Crippen LogP contribution in [0.4, 0.5) is 10.5 Å². The molecule has 6 nitrogen and oxygen atoms in total. The molecule has 3 N–H and O–H groups in total. The fourth-order valence-electron chi connectivity index (χ4n) is 2.20. The molecule has 0 aliphatic rings. The smallest absolute Gasteiger partial charge is 0.319 e. The Morgan fingerprint density at radius 3 is 2.42 bits per heavy atom. The molecule has 1 aromatic carbocycles. The molecule has 138 valence electrons. The lowest BCUT2D eigenvalue weighted by Crippen LogP contribution is -2.42. The van der Waals surface area contributed by atoms with E-state index < -0.39 is 0 Å². The molecule has 0 spiro atoms. The number of aromatic nitrogens is 1. The number of carbonyl (C=O) groups excluding carboxylic acids is 2. The van der Waals surface area contributed by atoms with Gasteiger partial charge in [0.15, 0.2) is 0 Å². The molecule has 0 bridgehead atoms. The van der Waals surface area contributed by atoms with Crippen LogP contribution in [0.25, 0.3) is 0 Å². The van der Waals surface area contributed by atoms with Crippen LogP contribution in [-0.4, -0.2) is 29.0 Å². The van der Waals surface area contributed by atoms with E-state index in [1.807, 2.05) is 39.0 Å². The van der Waals surface area contributed by atoms with Crippen molar-refractivity contribution in [2.24, 2.45) is 0 Å². The zero-order valence-corrected chi connectivity index (χ0v) is 15.5. The summed E-state index contributed by atoms with van der Waals surface area (Å²) in [5.41, 5.74) is 1.87. The monoisotopic (exact) mass is 354 g/mol. The Kier molecular flexibility index (Phi) is 6.72. The summed E-state index contributed by atoms with van der Waals surface area (Å²) in [7, 11) is 0. The Hall–Kier alpha value is -2.89. The van der Waals surface area contributed by atoms with Gasteiger partial charge in [0, 0.05) is 41.6 Å². The molecular weight excluding hydrogens is 328 g/mol. The van der Waals surface area contributed by atoms with Crippen LogP contribution in [0.5, 0.6) is 0 Å². The van der Waals surface area contributed by atoms with E-state index in [1.54, 1.807) is 30.5 Å². The lowest BCUT2D eigenvalue weighted by Gasteiger charge is -2.24. The van der Waals surface area contributed by atoms with Crippen LogP contribution < -0.4 is 16.0 Å². The van der Waals surface area contributed by atoms with Gasteiger partial charge in [0.1, 0.15) is 0 Å². The fraction of sp³-hybridized carbons (Fsp3) is 0.350. The normalized spacial score (nSPS) is 10.9. The first-order valence-corrected chi connectivity index (χ1v) is 8.77. The number of carbonyl (C=O) groups is 2. The first kappa shape index (κ1) is 19.4. The van der Waals surface area contributed by atoms with E-state index in [1.165, 1.54) is 0 Å². The highest BCUT2D eigenvalue weighted by Crippen LogP contribution is 2.12. The Morgan fingerprint density at radius 1 is 1.08 bits per heavy atom. The molecule has 0 aliphatic carbocycles. The van der Waals surface area contributed by atoms with Gasteiger partial charge in [-0.3, -0.25) is 9.78 Å². The predicted octanol–water partition coefficient (Wildman–Crippen LogP) is 3.36. The maximum atomic E-state index is 12.2. The van der Waals surface area contributed by atoms with Gasteiger partial charge < -0.3 is 16.0 Å². The van der Waals surface area contributed by atoms with E-state index in [9.17, 15) is 9.59 Å². The number of amides is 3. The van der Waals surface area contributed by atoms with Crippen LogP contribution in [0.15, 0.2) is 48.7 Å². The van der Waals surface area contributed by atoms with Gasteiger partial charge in [-0.2, -0.15) is 0 Å². The zero-order valence-electron chi connectivity index (χ0n) is 15.5. The molecule has 0 radical (unpaired) electrons. The maximum absolute atomic E-state index is 12.2. The maximum Gasteiger partial charge on any atom is 0.319 e. The van der Waals surface area contributed by atoms with Gasteiger partial charge >= 0.3 is 6.03 Å². The topological polar surface area (TPSA) is 83.1 Å². The fourth-order valence-corrected chi connectivity index (χ4v) is 2.20. The molecule has 0 unspecified atom stereocenters. The summed E-state index contributed by atoms with van der Waals surface area (Å²) < 4.78 is 0. The van der Waals surface area contributed by atoms with Crippen molar-refractivity contribution in [2.45, 2.75) is 39.2 Å². The van der Waals surface area contributed by atoms with Crippen LogP contribution in [0.3, 0.4) is 0 Å². The van der Waals surface area contributed by atoms with Gasteiger partial charge in [0.05, 0.1) is 0 Å². The van der Waals surface area contributed by atoms with Gasteiger partial charge in [0.2, 0.25) is 0 Å². The SMILES string of the molecule is CCC(C)(C)NC(=O)c1ccc(NC(=O)NCCc2ccccn2)cc1. The zero-order chi connectivity index (χ0) is 19.0.